The molecule has 24 nitrogen and oxygen atoms in total. The van der Waals surface area contributed by atoms with Gasteiger partial charge in [0.25, 0.3) is 30.1 Å². The Labute approximate surface area is 706 Å². The molecule has 1 unspecified atom stereocenters. The molecule has 3 aliphatic carbocycles. The SMILES string of the molecule is COc1ccc(CN(c2nccs2)S(=O)(=O)c2cc(Cl)c(N[C@H]3CC(F)CC[C@@H]3N(C)C)cc2F)c(OC)c1.COc1ccc(CN(c2nccs2)S(=O)(=O)c2cc(Cl)c(N[C@H]3CC[C@@H](F)C[C@@H]3N(C)C)cc2F)c(OC)c1.COc1ccc(CN(c2nccs2)S(=O)(=O)c2cc(Cl)c(N[C@H]3CC[C@H](F)C[C@@H]3N(C)C)cc2F)c(OC)c1. The van der Waals surface area contributed by atoms with Crippen LogP contribution in [0.2, 0.25) is 15.1 Å². The summed E-state index contributed by atoms with van der Waals surface area (Å²) in [5.41, 5.74) is 2.28. The second-order valence-corrected chi connectivity index (χ2v) is 37.7. The van der Waals surface area contributed by atoms with E-state index >= 15 is 13.2 Å². The van der Waals surface area contributed by atoms with E-state index in [1.165, 1.54) is 61.2 Å². The Morgan fingerprint density at radius 1 is 0.393 bits per heavy atom. The summed E-state index contributed by atoms with van der Waals surface area (Å²) in [4.78, 5) is 16.6. The summed E-state index contributed by atoms with van der Waals surface area (Å²) < 4.78 is 207. The van der Waals surface area contributed by atoms with Gasteiger partial charge in [-0.15, -0.1) is 34.0 Å². The molecule has 3 saturated carbocycles. The maximum absolute atomic E-state index is 15.6. The van der Waals surface area contributed by atoms with Crippen LogP contribution in [0.3, 0.4) is 0 Å². The molecule has 0 radical (unpaired) electrons. The highest BCUT2D eigenvalue weighted by molar-refractivity contribution is 7.93. The number of hydrogen-bond acceptors (Lipinski definition) is 24. The van der Waals surface area contributed by atoms with E-state index in [9.17, 15) is 38.4 Å². The van der Waals surface area contributed by atoms with E-state index in [1.54, 1.807) is 70.7 Å². The van der Waals surface area contributed by atoms with Gasteiger partial charge in [0.2, 0.25) is 0 Å². The third kappa shape index (κ3) is 22.0. The number of nitrogens with one attached hydrogen (secondary N) is 3. The van der Waals surface area contributed by atoms with Gasteiger partial charge >= 0.3 is 0 Å². The van der Waals surface area contributed by atoms with Crippen molar-refractivity contribution in [1.29, 1.82) is 0 Å². The number of anilines is 6. The first-order chi connectivity index (χ1) is 55.6. The molecule has 0 amide bonds. The largest absolute Gasteiger partial charge is 0.497 e. The predicted molar refractivity (Wildman–Crippen MR) is 450 cm³/mol. The first-order valence-electron chi connectivity index (χ1n) is 36.7. The maximum atomic E-state index is 15.6. The number of aromatic nitrogens is 3. The second-order valence-electron chi connectivity index (χ2n) is 28.4. The molecule has 9 aromatic rings. The molecule has 3 fully saturated rings. The number of ether oxygens (including phenoxy) is 6. The van der Waals surface area contributed by atoms with Crippen LogP contribution in [0.15, 0.2) is 140 Å². The Bertz CT molecular complexity index is 4970. The van der Waals surface area contributed by atoms with Crippen LogP contribution >= 0.6 is 68.8 Å². The van der Waals surface area contributed by atoms with E-state index in [-0.39, 0.29) is 110 Å². The van der Waals surface area contributed by atoms with E-state index in [0.29, 0.717) is 103 Å². The van der Waals surface area contributed by atoms with Gasteiger partial charge in [-0.25, -0.2) is 79.5 Å². The fraction of sp³-hybridized carbons (Fsp3) is 0.423. The first kappa shape index (κ1) is 91.3. The minimum absolute atomic E-state index is 0.00887. The zero-order valence-electron chi connectivity index (χ0n) is 66.1. The summed E-state index contributed by atoms with van der Waals surface area (Å²) in [7, 11) is 6.82. The van der Waals surface area contributed by atoms with Gasteiger partial charge < -0.3 is 59.1 Å². The van der Waals surface area contributed by atoms with Crippen molar-refractivity contribution < 1.29 is 80.0 Å². The van der Waals surface area contributed by atoms with Crippen molar-refractivity contribution >= 4 is 131 Å². The number of nitrogens with zero attached hydrogens (tertiary/aromatic N) is 9. The summed E-state index contributed by atoms with van der Waals surface area (Å²) >= 11 is 22.8. The Morgan fingerprint density at radius 2 is 0.684 bits per heavy atom. The highest BCUT2D eigenvalue weighted by Crippen LogP contribution is 2.43. The van der Waals surface area contributed by atoms with Gasteiger partial charge in [-0.05, 0) is 166 Å². The normalized spacial score (nSPS) is 19.6. The van der Waals surface area contributed by atoms with Crippen molar-refractivity contribution in [2.45, 2.75) is 147 Å². The standard InChI is InChI=1S/3C26H31ClF2N4O4S2/c1-32(2)23-8-6-17(28)11-22(23)31-21-14-20(29)25(13-19(21)27)39(34,35)33(26-30-9-10-38-26)15-16-5-7-18(36-3)12-24(16)37-4;2*1-32(2)23-11-17(28)6-8-21(23)31-22-14-20(29)25(13-19(22)27)39(34,35)33(26-30-9-10-38-26)15-16-5-7-18(36-3)12-24(16)37-4/h5,7,9-10,12-14,17,22-23,31H,6,8,11,15H2,1-4H3;2*5,7,9-10,12-14,17,21,23,31H,6,8,11,15H2,1-4H3/t17?,22-,23-;17-,21+,23+;17-,21-,23-/m010/s1. The Morgan fingerprint density at radius 3 is 0.957 bits per heavy atom. The fourth-order valence-corrected chi connectivity index (χ4v) is 22.1. The highest BCUT2D eigenvalue weighted by Gasteiger charge is 2.40. The molecule has 117 heavy (non-hydrogen) atoms. The summed E-state index contributed by atoms with van der Waals surface area (Å²) in [5.74, 6) is -0.0961. The minimum Gasteiger partial charge on any atom is -0.497 e. The molecular formula is C78H93Cl3F6N12O12S6. The minimum atomic E-state index is -4.46. The number of hydrogen-bond donors (Lipinski definition) is 3. The topological polar surface area (TPSA) is 252 Å². The quantitative estimate of drug-likeness (QED) is 0.0354. The molecule has 0 spiro atoms. The van der Waals surface area contributed by atoms with Crippen LogP contribution in [0.25, 0.3) is 0 Å². The third-order valence-electron chi connectivity index (χ3n) is 20.4. The Hall–Kier alpha value is -8.01. The average Bonchev–Trinajstić information content (AvgIpc) is 1.60. The molecule has 3 aromatic heterocycles. The molecule has 3 aliphatic rings. The summed E-state index contributed by atoms with van der Waals surface area (Å²) in [6.45, 7) is -0.515. The lowest BCUT2D eigenvalue weighted by Crippen LogP contribution is -2.48. The molecule has 12 rings (SSSR count). The number of benzene rings is 6. The number of sulfonamides is 3. The lowest BCUT2D eigenvalue weighted by molar-refractivity contribution is 0.139. The second kappa shape index (κ2) is 40.4. The van der Waals surface area contributed by atoms with Gasteiger partial charge in [0.15, 0.2) is 15.4 Å². The number of halogens is 9. The van der Waals surface area contributed by atoms with Crippen LogP contribution in [0.5, 0.6) is 34.5 Å². The zero-order valence-corrected chi connectivity index (χ0v) is 73.2. The fourth-order valence-electron chi connectivity index (χ4n) is 14.2. The van der Waals surface area contributed by atoms with Crippen molar-refractivity contribution in [3.63, 3.8) is 0 Å². The van der Waals surface area contributed by atoms with Crippen LogP contribution in [0.1, 0.15) is 74.5 Å². The van der Waals surface area contributed by atoms with Gasteiger partial charge in [0.1, 0.15) is 85.2 Å². The molecule has 39 heteroatoms. The molecule has 6 aromatic carbocycles. The van der Waals surface area contributed by atoms with Gasteiger partial charge in [-0.3, -0.25) is 0 Å². The molecule has 0 bridgehead atoms. The van der Waals surface area contributed by atoms with Crippen LogP contribution in [-0.2, 0) is 49.7 Å². The zero-order chi connectivity index (χ0) is 85.0. The number of rotatable bonds is 30. The smallest absolute Gasteiger partial charge is 0.269 e. The van der Waals surface area contributed by atoms with Gasteiger partial charge in [0.05, 0.1) is 94.4 Å². The van der Waals surface area contributed by atoms with Gasteiger partial charge in [-0.1, -0.05) is 34.8 Å². The van der Waals surface area contributed by atoms with Crippen LogP contribution in [0.4, 0.5) is 58.8 Å². The molecular weight excluding hydrogens is 1710 g/mol. The van der Waals surface area contributed by atoms with Crippen molar-refractivity contribution in [3.05, 3.63) is 175 Å². The van der Waals surface area contributed by atoms with Crippen molar-refractivity contribution in [2.75, 3.05) is 114 Å². The average molecular weight is 1800 g/mol. The van der Waals surface area contributed by atoms with Gasteiger partial charge in [-0.2, -0.15) is 0 Å². The van der Waals surface area contributed by atoms with E-state index in [2.05, 4.69) is 30.9 Å². The van der Waals surface area contributed by atoms with E-state index < -0.39 is 80.7 Å². The Kier molecular flexibility index (Phi) is 31.5. The lowest BCUT2D eigenvalue weighted by atomic mass is 9.88. The number of thiazole rings is 3. The van der Waals surface area contributed by atoms with E-state index in [4.69, 9.17) is 63.2 Å². The van der Waals surface area contributed by atoms with Crippen molar-refractivity contribution in [3.8, 4) is 34.5 Å². The maximum Gasteiger partial charge on any atom is 0.269 e. The number of alkyl halides is 3. The van der Waals surface area contributed by atoms with E-state index in [1.807, 2.05) is 57.0 Å². The highest BCUT2D eigenvalue weighted by atomic mass is 35.5. The third-order valence-corrected chi connectivity index (χ3v) is 29.3. The molecule has 3 heterocycles. The van der Waals surface area contributed by atoms with E-state index in [0.717, 1.165) is 83.3 Å². The number of likely N-dealkylation sites (N-methyl/N-ethyl adjacent to an activating group) is 3. The molecule has 0 aliphatic heterocycles. The van der Waals surface area contributed by atoms with Crippen molar-refractivity contribution in [2.24, 2.45) is 0 Å². The number of methoxy groups -OCH3 is 6. The monoisotopic (exact) mass is 1800 g/mol. The summed E-state index contributed by atoms with van der Waals surface area (Å²) in [6.07, 6.45) is 5.44. The van der Waals surface area contributed by atoms with Gasteiger partial charge in [0, 0.05) is 112 Å². The molecule has 3 N–H and O–H groups in total. The van der Waals surface area contributed by atoms with Crippen LogP contribution in [0, 0.1) is 17.5 Å². The lowest BCUT2D eigenvalue weighted by Gasteiger charge is -2.38. The molecule has 9 atom stereocenters. The van der Waals surface area contributed by atoms with Crippen LogP contribution < -0.4 is 57.3 Å². The van der Waals surface area contributed by atoms with Crippen LogP contribution in [-0.4, -0.2) is 195 Å². The molecule has 0 saturated heterocycles. The first-order valence-corrected chi connectivity index (χ1v) is 44.8. The summed E-state index contributed by atoms with van der Waals surface area (Å²) in [5, 5.41) is 15.0. The summed E-state index contributed by atoms with van der Waals surface area (Å²) in [6, 6.07) is 20.6. The van der Waals surface area contributed by atoms with Crippen molar-refractivity contribution in [1.82, 2.24) is 29.7 Å². The predicted octanol–water partition coefficient (Wildman–Crippen LogP) is 16.7. The Balaban J connectivity index is 0.000000185. The molecule has 636 valence electrons.